The minimum Gasteiger partial charge on any atom is -0.352 e. The normalized spacial score (nSPS) is 19.7. The summed E-state index contributed by atoms with van der Waals surface area (Å²) in [6, 6.07) is 19.8. The number of alkyl halides is 6. The summed E-state index contributed by atoms with van der Waals surface area (Å²) in [5.74, 6) is -0.670. The maximum Gasteiger partial charge on any atom is 0.416 e. The number of unbranched alkanes of at least 4 members (excludes halogenated alkanes) is 1. The molecule has 2 saturated heterocycles. The van der Waals surface area contributed by atoms with Gasteiger partial charge in [0.05, 0.1) is 11.6 Å². The molecular weight excluding hydrogens is 670 g/mol. The number of nitrogens with one attached hydrogen (secondary N) is 2. The zero-order chi connectivity index (χ0) is 36.2. The maximum absolute atomic E-state index is 13.7. The van der Waals surface area contributed by atoms with E-state index in [2.05, 4.69) is 20.4 Å². The molecule has 3 aromatic carbocycles. The number of likely N-dealkylation sites (tertiary alicyclic amines) is 2. The standard InChI is InChI=1S/C39H44F6N4O2/c40-38(41,42)26-46-36(51)37(32-11-3-1-9-30(32)31-10-2-4-12-33(31)37)20-6-8-21-48-23-18-29(19-24-48)47-35(50)34-13-5-7-22-49(34)25-27-14-16-28(17-15-27)39(43,44)45/h1-4,9-12,14-17,29,34H,5-8,13,18-26H2,(H,46,51)(H,47,50). The SMILES string of the molecule is O=C(NC1CCN(CCCCC2(C(=O)NCC(F)(F)F)c3ccccc3-c3ccccc32)CC1)C1CCCCN1Cc1ccc(C(F)(F)F)cc1. The number of fused-ring (bicyclic) bond motifs is 3. The highest BCUT2D eigenvalue weighted by Crippen LogP contribution is 2.51. The molecule has 3 aromatic rings. The fraction of sp³-hybridized carbons (Fsp3) is 0.487. The van der Waals surface area contributed by atoms with E-state index in [0.29, 0.717) is 32.4 Å². The Labute approximate surface area is 294 Å². The van der Waals surface area contributed by atoms with Crippen molar-refractivity contribution < 1.29 is 35.9 Å². The summed E-state index contributed by atoms with van der Waals surface area (Å²) in [6.07, 6.45) is -3.03. The first-order valence-corrected chi connectivity index (χ1v) is 17.8. The highest BCUT2D eigenvalue weighted by atomic mass is 19.4. The Morgan fingerprint density at radius 2 is 1.39 bits per heavy atom. The smallest absolute Gasteiger partial charge is 0.352 e. The second-order valence-electron chi connectivity index (χ2n) is 14.1. The van der Waals surface area contributed by atoms with Crippen molar-refractivity contribution >= 4 is 11.8 Å². The van der Waals surface area contributed by atoms with E-state index in [0.717, 1.165) is 91.7 Å². The first-order valence-electron chi connectivity index (χ1n) is 17.8. The third-order valence-electron chi connectivity index (χ3n) is 10.7. The summed E-state index contributed by atoms with van der Waals surface area (Å²) in [4.78, 5) is 31.5. The van der Waals surface area contributed by atoms with Crippen molar-refractivity contribution in [1.29, 1.82) is 0 Å². The average Bonchev–Trinajstić information content (AvgIpc) is 3.40. The molecular formula is C39H44F6N4O2. The predicted molar refractivity (Wildman–Crippen MR) is 183 cm³/mol. The number of carbonyl (C=O) groups is 2. The second-order valence-corrected chi connectivity index (χ2v) is 14.1. The molecule has 0 spiro atoms. The van der Waals surface area contributed by atoms with E-state index in [4.69, 9.17) is 0 Å². The maximum atomic E-state index is 13.7. The number of piperidine rings is 2. The Kier molecular flexibility index (Phi) is 11.1. The third-order valence-corrected chi connectivity index (χ3v) is 10.7. The first kappa shape index (κ1) is 36.9. The van der Waals surface area contributed by atoms with Gasteiger partial charge in [-0.3, -0.25) is 14.5 Å². The van der Waals surface area contributed by atoms with E-state index < -0.39 is 35.8 Å². The largest absolute Gasteiger partial charge is 0.416 e. The summed E-state index contributed by atoms with van der Waals surface area (Å²) in [7, 11) is 0. The number of carbonyl (C=O) groups excluding carboxylic acids is 2. The van der Waals surface area contributed by atoms with E-state index in [-0.39, 0.29) is 18.0 Å². The molecule has 0 bridgehead atoms. The molecule has 6 nitrogen and oxygen atoms in total. The molecule has 12 heteroatoms. The van der Waals surface area contributed by atoms with Crippen LogP contribution in [0.2, 0.25) is 0 Å². The number of amides is 2. The van der Waals surface area contributed by atoms with Gasteiger partial charge in [-0.15, -0.1) is 0 Å². The Balaban J connectivity index is 1.01. The summed E-state index contributed by atoms with van der Waals surface area (Å²) in [6.45, 7) is 2.08. The van der Waals surface area contributed by atoms with E-state index >= 15 is 0 Å². The Hall–Kier alpha value is -3.90. The minimum absolute atomic E-state index is 0.0238. The van der Waals surface area contributed by atoms with Gasteiger partial charge in [0.15, 0.2) is 0 Å². The van der Waals surface area contributed by atoms with Gasteiger partial charge in [0.25, 0.3) is 0 Å². The van der Waals surface area contributed by atoms with Crippen LogP contribution < -0.4 is 10.6 Å². The summed E-state index contributed by atoms with van der Waals surface area (Å²) < 4.78 is 78.6. The van der Waals surface area contributed by atoms with Gasteiger partial charge in [-0.2, -0.15) is 26.3 Å². The van der Waals surface area contributed by atoms with Crippen LogP contribution in [0.5, 0.6) is 0 Å². The van der Waals surface area contributed by atoms with Crippen LogP contribution in [0.4, 0.5) is 26.3 Å². The number of rotatable bonds is 11. The monoisotopic (exact) mass is 714 g/mol. The molecule has 2 fully saturated rings. The molecule has 6 rings (SSSR count). The van der Waals surface area contributed by atoms with Gasteiger partial charge < -0.3 is 15.5 Å². The van der Waals surface area contributed by atoms with E-state index in [1.54, 1.807) is 0 Å². The number of benzene rings is 3. The van der Waals surface area contributed by atoms with Gasteiger partial charge >= 0.3 is 12.4 Å². The van der Waals surface area contributed by atoms with Crippen LogP contribution in [-0.2, 0) is 27.7 Å². The Morgan fingerprint density at radius 3 is 2.00 bits per heavy atom. The van der Waals surface area contributed by atoms with Crippen LogP contribution in [0.3, 0.4) is 0 Å². The van der Waals surface area contributed by atoms with Crippen LogP contribution in [0.15, 0.2) is 72.8 Å². The van der Waals surface area contributed by atoms with Crippen LogP contribution in [0, 0.1) is 0 Å². The number of hydrogen-bond acceptors (Lipinski definition) is 4. The molecule has 0 saturated carbocycles. The quantitative estimate of drug-likeness (QED) is 0.160. The molecule has 1 atom stereocenters. The molecule has 274 valence electrons. The fourth-order valence-corrected chi connectivity index (χ4v) is 8.12. The molecule has 2 aliphatic heterocycles. The van der Waals surface area contributed by atoms with E-state index in [1.807, 2.05) is 48.5 Å². The van der Waals surface area contributed by atoms with Crippen molar-refractivity contribution in [2.24, 2.45) is 0 Å². The first-order chi connectivity index (χ1) is 24.3. The van der Waals surface area contributed by atoms with Crippen molar-refractivity contribution in [2.45, 2.75) is 87.8 Å². The van der Waals surface area contributed by atoms with Crippen LogP contribution in [0.1, 0.15) is 73.6 Å². The molecule has 2 N–H and O–H groups in total. The molecule has 3 aliphatic rings. The average molecular weight is 715 g/mol. The minimum atomic E-state index is -4.52. The van der Waals surface area contributed by atoms with Crippen molar-refractivity contribution in [3.05, 3.63) is 95.1 Å². The molecule has 2 amide bonds. The summed E-state index contributed by atoms with van der Waals surface area (Å²) in [5.41, 5.74) is 2.05. The van der Waals surface area contributed by atoms with Gasteiger partial charge in [0.1, 0.15) is 12.0 Å². The highest BCUT2D eigenvalue weighted by molar-refractivity contribution is 6.00. The Morgan fingerprint density at radius 1 is 0.765 bits per heavy atom. The molecule has 1 unspecified atom stereocenters. The lowest BCUT2D eigenvalue weighted by Crippen LogP contribution is -2.53. The highest BCUT2D eigenvalue weighted by Gasteiger charge is 2.49. The van der Waals surface area contributed by atoms with Gasteiger partial charge in [-0.1, -0.05) is 73.5 Å². The zero-order valence-electron chi connectivity index (χ0n) is 28.5. The van der Waals surface area contributed by atoms with Crippen molar-refractivity contribution in [1.82, 2.24) is 20.4 Å². The molecule has 0 aromatic heterocycles. The van der Waals surface area contributed by atoms with Gasteiger partial charge in [-0.05, 0) is 91.6 Å². The molecule has 2 heterocycles. The van der Waals surface area contributed by atoms with Gasteiger partial charge in [-0.25, -0.2) is 0 Å². The topological polar surface area (TPSA) is 64.7 Å². The van der Waals surface area contributed by atoms with Crippen molar-refractivity contribution in [3.63, 3.8) is 0 Å². The lowest BCUT2D eigenvalue weighted by atomic mass is 9.73. The lowest BCUT2D eigenvalue weighted by Gasteiger charge is -2.37. The number of hydrogen-bond donors (Lipinski definition) is 2. The van der Waals surface area contributed by atoms with Crippen LogP contribution in [-0.4, -0.2) is 72.6 Å². The van der Waals surface area contributed by atoms with Crippen LogP contribution in [0.25, 0.3) is 11.1 Å². The van der Waals surface area contributed by atoms with Gasteiger partial charge in [0, 0.05) is 25.7 Å². The Bertz CT molecular complexity index is 1620. The zero-order valence-corrected chi connectivity index (χ0v) is 28.5. The van der Waals surface area contributed by atoms with E-state index in [1.165, 1.54) is 12.1 Å². The summed E-state index contributed by atoms with van der Waals surface area (Å²) in [5, 5.41) is 5.43. The molecule has 1 aliphatic carbocycles. The number of halogens is 6. The number of nitrogens with zero attached hydrogens (tertiary/aromatic N) is 2. The van der Waals surface area contributed by atoms with E-state index in [9.17, 15) is 35.9 Å². The van der Waals surface area contributed by atoms with Crippen LogP contribution >= 0.6 is 0 Å². The fourth-order valence-electron chi connectivity index (χ4n) is 8.12. The third kappa shape index (κ3) is 8.43. The second kappa shape index (κ2) is 15.4. The molecule has 0 radical (unpaired) electrons. The van der Waals surface area contributed by atoms with Crippen molar-refractivity contribution in [2.75, 3.05) is 32.7 Å². The van der Waals surface area contributed by atoms with Crippen molar-refractivity contribution in [3.8, 4) is 11.1 Å². The summed E-state index contributed by atoms with van der Waals surface area (Å²) >= 11 is 0. The lowest BCUT2D eigenvalue weighted by molar-refractivity contribution is -0.141. The predicted octanol–water partition coefficient (Wildman–Crippen LogP) is 7.46. The molecule has 51 heavy (non-hydrogen) atoms. The van der Waals surface area contributed by atoms with Gasteiger partial charge in [0.2, 0.25) is 11.8 Å².